The summed E-state index contributed by atoms with van der Waals surface area (Å²) >= 11 is 2.27. The SMILES string of the molecule is C[C](C)Cc1ccc(I)c(CO)c1C. The van der Waals surface area contributed by atoms with Crippen molar-refractivity contribution >= 4 is 22.6 Å². The molecule has 0 unspecified atom stereocenters. The van der Waals surface area contributed by atoms with Crippen LogP contribution in [0.1, 0.15) is 30.5 Å². The summed E-state index contributed by atoms with van der Waals surface area (Å²) in [6.07, 6.45) is 1.01. The number of halogens is 1. The third-order valence-corrected chi connectivity index (χ3v) is 3.37. The van der Waals surface area contributed by atoms with Gasteiger partial charge in [-0.3, -0.25) is 0 Å². The molecule has 1 rings (SSSR count). The lowest BCUT2D eigenvalue weighted by molar-refractivity contribution is 0.280. The zero-order chi connectivity index (χ0) is 10.7. The first-order valence-electron chi connectivity index (χ1n) is 4.73. The molecule has 1 radical (unpaired) electrons. The van der Waals surface area contributed by atoms with Crippen molar-refractivity contribution in [1.29, 1.82) is 0 Å². The average Bonchev–Trinajstić information content (AvgIpc) is 2.10. The fraction of sp³-hybridized carbons (Fsp3) is 0.417. The van der Waals surface area contributed by atoms with Crippen LogP contribution in [0.4, 0.5) is 0 Å². The molecule has 14 heavy (non-hydrogen) atoms. The van der Waals surface area contributed by atoms with Gasteiger partial charge < -0.3 is 5.11 Å². The smallest absolute Gasteiger partial charge is 0.0694 e. The van der Waals surface area contributed by atoms with E-state index in [4.69, 9.17) is 0 Å². The van der Waals surface area contributed by atoms with Gasteiger partial charge in [0.25, 0.3) is 0 Å². The van der Waals surface area contributed by atoms with Gasteiger partial charge in [0.1, 0.15) is 0 Å². The molecule has 0 aliphatic rings. The van der Waals surface area contributed by atoms with Crippen molar-refractivity contribution in [2.24, 2.45) is 0 Å². The zero-order valence-corrected chi connectivity index (χ0v) is 11.1. The Labute approximate surface area is 99.7 Å². The van der Waals surface area contributed by atoms with Gasteiger partial charge in [-0.25, -0.2) is 0 Å². The maximum absolute atomic E-state index is 9.25. The summed E-state index contributed by atoms with van der Waals surface area (Å²) < 4.78 is 1.15. The predicted molar refractivity (Wildman–Crippen MR) is 68.1 cm³/mol. The summed E-state index contributed by atoms with van der Waals surface area (Å²) in [6, 6.07) is 4.24. The molecule has 0 bridgehead atoms. The normalized spacial score (nSPS) is 11.0. The summed E-state index contributed by atoms with van der Waals surface area (Å²) in [7, 11) is 0. The molecule has 0 spiro atoms. The second kappa shape index (κ2) is 5.12. The highest BCUT2D eigenvalue weighted by molar-refractivity contribution is 14.1. The molecular weight excluding hydrogens is 287 g/mol. The van der Waals surface area contributed by atoms with E-state index in [1.807, 2.05) is 0 Å². The third kappa shape index (κ3) is 2.70. The summed E-state index contributed by atoms with van der Waals surface area (Å²) in [4.78, 5) is 0. The van der Waals surface area contributed by atoms with Crippen LogP contribution in [0.15, 0.2) is 12.1 Å². The van der Waals surface area contributed by atoms with Crippen molar-refractivity contribution in [3.05, 3.63) is 38.3 Å². The van der Waals surface area contributed by atoms with Crippen LogP contribution >= 0.6 is 22.6 Å². The second-order valence-electron chi connectivity index (χ2n) is 3.85. The molecule has 0 saturated carbocycles. The van der Waals surface area contributed by atoms with Crippen molar-refractivity contribution in [3.63, 3.8) is 0 Å². The standard InChI is InChI=1S/C12H16IO/c1-8(2)6-10-4-5-12(13)11(7-14)9(10)3/h4-5,14H,6-7H2,1-3H3. The summed E-state index contributed by atoms with van der Waals surface area (Å²) in [5.41, 5.74) is 3.64. The lowest BCUT2D eigenvalue weighted by atomic mass is 9.95. The Kier molecular flexibility index (Phi) is 4.38. The third-order valence-electron chi connectivity index (χ3n) is 2.36. The fourth-order valence-corrected chi connectivity index (χ4v) is 2.29. The van der Waals surface area contributed by atoms with Crippen LogP contribution in [-0.2, 0) is 13.0 Å². The highest BCUT2D eigenvalue weighted by atomic mass is 127. The van der Waals surface area contributed by atoms with Crippen LogP contribution in [0.2, 0.25) is 0 Å². The molecule has 0 aromatic heterocycles. The molecule has 0 aliphatic heterocycles. The first kappa shape index (κ1) is 12.0. The molecule has 1 aromatic carbocycles. The Morgan fingerprint density at radius 2 is 2.00 bits per heavy atom. The van der Waals surface area contributed by atoms with Crippen LogP contribution in [0.3, 0.4) is 0 Å². The van der Waals surface area contributed by atoms with Crippen LogP contribution in [-0.4, -0.2) is 5.11 Å². The first-order valence-corrected chi connectivity index (χ1v) is 5.81. The molecular formula is C12H16IO. The molecule has 0 saturated heterocycles. The van der Waals surface area contributed by atoms with Gasteiger partial charge in [0, 0.05) is 3.57 Å². The van der Waals surface area contributed by atoms with Crippen LogP contribution in [0.5, 0.6) is 0 Å². The molecule has 0 fully saturated rings. The number of aliphatic hydroxyl groups is 1. The highest BCUT2D eigenvalue weighted by Gasteiger charge is 2.08. The Morgan fingerprint density at radius 3 is 2.50 bits per heavy atom. The quantitative estimate of drug-likeness (QED) is 0.850. The first-order chi connectivity index (χ1) is 6.56. The number of hydrogen-bond acceptors (Lipinski definition) is 1. The van der Waals surface area contributed by atoms with E-state index in [0.29, 0.717) is 0 Å². The van der Waals surface area contributed by atoms with E-state index >= 15 is 0 Å². The van der Waals surface area contributed by atoms with Gasteiger partial charge in [0.05, 0.1) is 6.61 Å². The molecule has 0 heterocycles. The summed E-state index contributed by atoms with van der Waals surface area (Å²) in [6.45, 7) is 6.50. The Balaban J connectivity index is 3.08. The number of hydrogen-bond donors (Lipinski definition) is 1. The molecule has 1 nitrogen and oxygen atoms in total. The van der Waals surface area contributed by atoms with Gasteiger partial charge in [-0.05, 0) is 64.6 Å². The summed E-state index contributed by atoms with van der Waals surface area (Å²) in [5.74, 6) is 1.40. The van der Waals surface area contributed by atoms with Gasteiger partial charge in [-0.1, -0.05) is 19.9 Å². The van der Waals surface area contributed by atoms with Crippen LogP contribution < -0.4 is 0 Å². The van der Waals surface area contributed by atoms with E-state index in [-0.39, 0.29) is 6.61 Å². The molecule has 1 N–H and O–H groups in total. The van der Waals surface area contributed by atoms with E-state index in [2.05, 4.69) is 55.5 Å². The largest absolute Gasteiger partial charge is 0.392 e. The Morgan fingerprint density at radius 1 is 1.36 bits per heavy atom. The van der Waals surface area contributed by atoms with E-state index in [1.54, 1.807) is 0 Å². The highest BCUT2D eigenvalue weighted by Crippen LogP contribution is 2.22. The van der Waals surface area contributed by atoms with Gasteiger partial charge >= 0.3 is 0 Å². The monoisotopic (exact) mass is 303 g/mol. The second-order valence-corrected chi connectivity index (χ2v) is 5.01. The molecule has 0 aliphatic carbocycles. The molecule has 0 amide bonds. The van der Waals surface area contributed by atoms with Gasteiger partial charge in [-0.15, -0.1) is 0 Å². The molecule has 77 valence electrons. The predicted octanol–water partition coefficient (Wildman–Crippen LogP) is 3.25. The average molecular weight is 303 g/mol. The number of rotatable bonds is 3. The van der Waals surface area contributed by atoms with Crippen molar-refractivity contribution < 1.29 is 5.11 Å². The van der Waals surface area contributed by atoms with Crippen molar-refractivity contribution in [3.8, 4) is 0 Å². The van der Waals surface area contributed by atoms with E-state index in [0.717, 1.165) is 15.6 Å². The molecule has 0 atom stereocenters. The number of benzene rings is 1. The topological polar surface area (TPSA) is 20.2 Å². The lowest BCUT2D eigenvalue weighted by Gasteiger charge is -2.13. The Hall–Kier alpha value is -0.0900. The minimum absolute atomic E-state index is 0.140. The van der Waals surface area contributed by atoms with E-state index < -0.39 is 0 Å². The van der Waals surface area contributed by atoms with Gasteiger partial charge in [0.15, 0.2) is 0 Å². The minimum Gasteiger partial charge on any atom is -0.392 e. The lowest BCUT2D eigenvalue weighted by Crippen LogP contribution is -2.01. The van der Waals surface area contributed by atoms with E-state index in [1.165, 1.54) is 17.0 Å². The van der Waals surface area contributed by atoms with Gasteiger partial charge in [0.2, 0.25) is 0 Å². The van der Waals surface area contributed by atoms with Crippen molar-refractivity contribution in [2.75, 3.05) is 0 Å². The zero-order valence-electron chi connectivity index (χ0n) is 8.89. The van der Waals surface area contributed by atoms with Crippen LogP contribution in [0, 0.1) is 16.4 Å². The Bertz CT molecular complexity index is 318. The molecule has 2 heteroatoms. The van der Waals surface area contributed by atoms with Crippen LogP contribution in [0.25, 0.3) is 0 Å². The maximum Gasteiger partial charge on any atom is 0.0694 e. The number of aliphatic hydroxyl groups excluding tert-OH is 1. The maximum atomic E-state index is 9.25. The summed E-state index contributed by atoms with van der Waals surface area (Å²) in [5, 5.41) is 9.25. The van der Waals surface area contributed by atoms with E-state index in [9.17, 15) is 5.11 Å². The van der Waals surface area contributed by atoms with Crippen molar-refractivity contribution in [1.82, 2.24) is 0 Å². The van der Waals surface area contributed by atoms with Crippen molar-refractivity contribution in [2.45, 2.75) is 33.8 Å². The fourth-order valence-electron chi connectivity index (χ4n) is 1.54. The minimum atomic E-state index is 0.140. The van der Waals surface area contributed by atoms with Gasteiger partial charge in [-0.2, -0.15) is 0 Å². The molecule has 1 aromatic rings.